The average molecular weight is 274 g/mol. The van der Waals surface area contributed by atoms with Crippen LogP contribution in [-0.4, -0.2) is 38.5 Å². The normalized spacial score (nSPS) is 11.5. The Morgan fingerprint density at radius 3 is 2.67 bits per heavy atom. The van der Waals surface area contributed by atoms with Crippen LogP contribution in [-0.2, 0) is 7.05 Å². The number of rotatable bonds is 3. The Morgan fingerprint density at radius 2 is 2.27 bits per heavy atom. The van der Waals surface area contributed by atoms with E-state index in [0.29, 0.717) is 5.56 Å². The van der Waals surface area contributed by atoms with Gasteiger partial charge in [0.25, 0.3) is 5.91 Å². The van der Waals surface area contributed by atoms with Gasteiger partial charge in [-0.2, -0.15) is 5.10 Å². The fourth-order valence-electron chi connectivity index (χ4n) is 1.09. The molecule has 1 aromatic heterocycles. The number of amides is 1. The molecule has 4 nitrogen and oxygen atoms in total. The van der Waals surface area contributed by atoms with Gasteiger partial charge < -0.3 is 4.90 Å². The minimum absolute atomic E-state index is 0.00690. The van der Waals surface area contributed by atoms with Crippen molar-refractivity contribution in [1.82, 2.24) is 14.7 Å². The maximum atomic E-state index is 12.0. The van der Waals surface area contributed by atoms with Crippen LogP contribution in [0.2, 0.25) is 0 Å². The van der Waals surface area contributed by atoms with Gasteiger partial charge >= 0.3 is 0 Å². The van der Waals surface area contributed by atoms with E-state index < -0.39 is 0 Å². The third-order valence-electron chi connectivity index (χ3n) is 2.49. The largest absolute Gasteiger partial charge is 0.336 e. The summed E-state index contributed by atoms with van der Waals surface area (Å²) in [5.74, 6) is -0.00690. The lowest BCUT2D eigenvalue weighted by molar-refractivity contribution is 0.0663. The first-order chi connectivity index (χ1) is 6.88. The van der Waals surface area contributed by atoms with Gasteiger partial charge in [-0.05, 0) is 13.8 Å². The molecule has 0 aliphatic rings. The molecule has 1 aromatic rings. The monoisotopic (exact) mass is 273 g/mol. The van der Waals surface area contributed by atoms with Crippen molar-refractivity contribution in [2.45, 2.75) is 19.4 Å². The highest BCUT2D eigenvalue weighted by molar-refractivity contribution is 9.09. The van der Waals surface area contributed by atoms with Crippen molar-refractivity contribution < 1.29 is 4.79 Å². The smallest absolute Gasteiger partial charge is 0.257 e. The number of hydrogen-bond acceptors (Lipinski definition) is 2. The molecule has 0 aliphatic carbocycles. The number of nitrogens with zero attached hydrogens (tertiary/aromatic N) is 3. The van der Waals surface area contributed by atoms with Gasteiger partial charge in [-0.15, -0.1) is 0 Å². The molecule has 0 saturated heterocycles. The summed E-state index contributed by atoms with van der Waals surface area (Å²) < 4.78 is 1.63. The maximum absolute atomic E-state index is 12.0. The molecule has 0 saturated carbocycles. The summed E-state index contributed by atoms with van der Waals surface area (Å²) in [6, 6.07) is 0. The molecule has 0 unspecified atom stereocenters. The van der Waals surface area contributed by atoms with Crippen LogP contribution in [0.15, 0.2) is 12.4 Å². The second-order valence-electron chi connectivity index (χ2n) is 4.21. The van der Waals surface area contributed by atoms with Crippen molar-refractivity contribution in [3.05, 3.63) is 18.0 Å². The Hall–Kier alpha value is -0.840. The molecule has 1 rings (SSSR count). The number of alkyl halides is 1. The lowest BCUT2D eigenvalue weighted by Gasteiger charge is -2.33. The van der Waals surface area contributed by atoms with Crippen molar-refractivity contribution in [3.63, 3.8) is 0 Å². The number of aryl methyl sites for hydroxylation is 1. The molecule has 0 bridgehead atoms. The van der Waals surface area contributed by atoms with Crippen LogP contribution in [0.25, 0.3) is 0 Å². The Kier molecular flexibility index (Phi) is 3.54. The molecule has 0 atom stereocenters. The van der Waals surface area contributed by atoms with E-state index in [0.717, 1.165) is 5.33 Å². The molecule has 0 spiro atoms. The highest BCUT2D eigenvalue weighted by atomic mass is 79.9. The van der Waals surface area contributed by atoms with Crippen LogP contribution in [0.4, 0.5) is 0 Å². The first kappa shape index (κ1) is 12.2. The van der Waals surface area contributed by atoms with Crippen molar-refractivity contribution in [2.24, 2.45) is 7.05 Å². The van der Waals surface area contributed by atoms with Crippen LogP contribution in [0.3, 0.4) is 0 Å². The van der Waals surface area contributed by atoms with Crippen molar-refractivity contribution in [3.8, 4) is 0 Å². The van der Waals surface area contributed by atoms with Gasteiger partial charge in [0.1, 0.15) is 0 Å². The summed E-state index contributed by atoms with van der Waals surface area (Å²) >= 11 is 3.40. The lowest BCUT2D eigenvalue weighted by atomic mass is 10.1. The number of halogens is 1. The number of carbonyl (C=O) groups is 1. The van der Waals surface area contributed by atoms with E-state index in [2.05, 4.69) is 21.0 Å². The quantitative estimate of drug-likeness (QED) is 0.786. The van der Waals surface area contributed by atoms with E-state index >= 15 is 0 Å². The van der Waals surface area contributed by atoms with Gasteiger partial charge in [0, 0.05) is 31.2 Å². The number of aromatic nitrogens is 2. The van der Waals surface area contributed by atoms with Crippen molar-refractivity contribution in [1.29, 1.82) is 0 Å². The highest BCUT2D eigenvalue weighted by Crippen LogP contribution is 2.17. The second-order valence-corrected chi connectivity index (χ2v) is 4.77. The van der Waals surface area contributed by atoms with Crippen LogP contribution >= 0.6 is 15.9 Å². The molecule has 0 radical (unpaired) electrons. The molecule has 1 heterocycles. The summed E-state index contributed by atoms with van der Waals surface area (Å²) in [7, 11) is 3.60. The third kappa shape index (κ3) is 2.59. The van der Waals surface area contributed by atoms with Crippen LogP contribution in [0.5, 0.6) is 0 Å². The summed E-state index contributed by atoms with van der Waals surface area (Å²) in [6.07, 6.45) is 3.31. The molecular weight excluding hydrogens is 258 g/mol. The van der Waals surface area contributed by atoms with Gasteiger partial charge in [0.05, 0.1) is 11.8 Å². The SMILES string of the molecule is CN(C(=O)c1cnn(C)c1)C(C)(C)CBr. The molecule has 0 aromatic carbocycles. The zero-order chi connectivity index (χ0) is 11.6. The molecule has 0 aliphatic heterocycles. The van der Waals surface area contributed by atoms with Gasteiger partial charge in [0.2, 0.25) is 0 Å². The highest BCUT2D eigenvalue weighted by Gasteiger charge is 2.27. The third-order valence-corrected chi connectivity index (χ3v) is 3.86. The minimum atomic E-state index is -0.201. The van der Waals surface area contributed by atoms with Gasteiger partial charge in [0.15, 0.2) is 0 Å². The predicted molar refractivity (Wildman–Crippen MR) is 63.2 cm³/mol. The molecule has 0 N–H and O–H groups in total. The van der Waals surface area contributed by atoms with Gasteiger partial charge in [-0.25, -0.2) is 0 Å². The van der Waals surface area contributed by atoms with E-state index in [1.54, 1.807) is 36.1 Å². The van der Waals surface area contributed by atoms with Crippen LogP contribution in [0.1, 0.15) is 24.2 Å². The van der Waals surface area contributed by atoms with E-state index in [9.17, 15) is 4.79 Å². The summed E-state index contributed by atoms with van der Waals surface area (Å²) in [4.78, 5) is 13.7. The Bertz CT molecular complexity index is 359. The second kappa shape index (κ2) is 4.35. The van der Waals surface area contributed by atoms with E-state index in [1.807, 2.05) is 13.8 Å². The van der Waals surface area contributed by atoms with Gasteiger partial charge in [-0.1, -0.05) is 15.9 Å². The fraction of sp³-hybridized carbons (Fsp3) is 0.600. The zero-order valence-electron chi connectivity index (χ0n) is 9.49. The van der Waals surface area contributed by atoms with E-state index in [-0.39, 0.29) is 11.4 Å². The molecule has 84 valence electrons. The molecule has 15 heavy (non-hydrogen) atoms. The van der Waals surface area contributed by atoms with E-state index in [1.165, 1.54) is 0 Å². The van der Waals surface area contributed by atoms with Gasteiger partial charge in [-0.3, -0.25) is 9.48 Å². The van der Waals surface area contributed by atoms with Crippen LogP contribution in [0, 0.1) is 0 Å². The van der Waals surface area contributed by atoms with Crippen molar-refractivity contribution >= 4 is 21.8 Å². The molecule has 0 fully saturated rings. The number of hydrogen-bond donors (Lipinski definition) is 0. The summed E-state index contributed by atoms with van der Waals surface area (Å²) in [5.41, 5.74) is 0.418. The van der Waals surface area contributed by atoms with Crippen molar-refractivity contribution in [2.75, 3.05) is 12.4 Å². The fourth-order valence-corrected chi connectivity index (χ4v) is 1.47. The average Bonchev–Trinajstić information content (AvgIpc) is 2.62. The minimum Gasteiger partial charge on any atom is -0.336 e. The molecule has 5 heteroatoms. The predicted octanol–water partition coefficient (Wildman–Crippen LogP) is 1.67. The maximum Gasteiger partial charge on any atom is 0.257 e. The topological polar surface area (TPSA) is 38.1 Å². The summed E-state index contributed by atoms with van der Waals surface area (Å²) in [6.45, 7) is 4.02. The standard InChI is InChI=1S/C10H16BrN3O/c1-10(2,7-11)14(4)9(15)8-5-12-13(3)6-8/h5-6H,7H2,1-4H3. The Morgan fingerprint density at radius 1 is 1.67 bits per heavy atom. The number of carbonyl (C=O) groups excluding carboxylic acids is 1. The molecule has 1 amide bonds. The summed E-state index contributed by atoms with van der Waals surface area (Å²) in [5, 5.41) is 4.72. The van der Waals surface area contributed by atoms with E-state index in [4.69, 9.17) is 0 Å². The first-order valence-electron chi connectivity index (χ1n) is 4.71. The zero-order valence-corrected chi connectivity index (χ0v) is 11.1. The Labute approximate surface area is 98.4 Å². The lowest BCUT2D eigenvalue weighted by Crippen LogP contribution is -2.46. The molecular formula is C10H16BrN3O. The Balaban J connectivity index is 2.86. The van der Waals surface area contributed by atoms with Crippen LogP contribution < -0.4 is 0 Å². The first-order valence-corrected chi connectivity index (χ1v) is 5.83.